The fraction of sp³-hybridized carbons (Fsp3) is 0.682. The predicted molar refractivity (Wildman–Crippen MR) is 117 cm³/mol. The van der Waals surface area contributed by atoms with E-state index in [2.05, 4.69) is 52.9 Å². The summed E-state index contributed by atoms with van der Waals surface area (Å²) in [5.74, 6) is 1.19. The van der Waals surface area contributed by atoms with E-state index in [0.29, 0.717) is 0 Å². The molecule has 146 valence electrons. The Morgan fingerprint density at radius 2 is 1.46 bits per heavy atom. The maximum Gasteiger partial charge on any atom is 0.130 e. The predicted octanol–water partition coefficient (Wildman–Crippen LogP) is 6.79. The lowest BCUT2D eigenvalue weighted by Gasteiger charge is -2.19. The minimum absolute atomic E-state index is 0.798. The minimum atomic E-state index is 0.798. The summed E-state index contributed by atoms with van der Waals surface area (Å²) in [7, 11) is 0. The summed E-state index contributed by atoms with van der Waals surface area (Å²) in [6.07, 6.45) is 18.5. The first kappa shape index (κ1) is 21.1. The standard InChI is InChI=1S/C22H37N3S/c1-3-4-5-6-7-8-9-10-11-12-13-14-22-24-23-19-25(22)20-15-17-21(26-2)18-16-20/h15-18,23H,3-14,19H2,1-2H3. The van der Waals surface area contributed by atoms with Crippen molar-refractivity contribution in [2.75, 3.05) is 17.8 Å². The Bertz CT molecular complexity index is 513. The van der Waals surface area contributed by atoms with Gasteiger partial charge in [-0.3, -0.25) is 5.43 Å². The molecule has 0 atom stereocenters. The van der Waals surface area contributed by atoms with E-state index in [1.165, 1.54) is 87.0 Å². The number of hydrogen-bond acceptors (Lipinski definition) is 4. The van der Waals surface area contributed by atoms with Crippen molar-refractivity contribution >= 4 is 23.3 Å². The van der Waals surface area contributed by atoms with Gasteiger partial charge in [-0.2, -0.15) is 5.10 Å². The highest BCUT2D eigenvalue weighted by atomic mass is 32.2. The lowest BCUT2D eigenvalue weighted by atomic mass is 10.1. The Balaban J connectivity index is 1.54. The number of nitrogens with one attached hydrogen (secondary N) is 1. The van der Waals surface area contributed by atoms with Crippen molar-refractivity contribution < 1.29 is 0 Å². The average Bonchev–Trinajstić information content (AvgIpc) is 3.14. The molecule has 0 bridgehead atoms. The third-order valence-electron chi connectivity index (χ3n) is 5.14. The number of nitrogens with zero attached hydrogens (tertiary/aromatic N) is 2. The molecule has 0 radical (unpaired) electrons. The maximum absolute atomic E-state index is 4.51. The molecule has 0 amide bonds. The topological polar surface area (TPSA) is 27.6 Å². The van der Waals surface area contributed by atoms with Gasteiger partial charge in [0.2, 0.25) is 0 Å². The van der Waals surface area contributed by atoms with Gasteiger partial charge in [0.1, 0.15) is 12.5 Å². The summed E-state index contributed by atoms with van der Waals surface area (Å²) in [5.41, 5.74) is 4.39. The van der Waals surface area contributed by atoms with Crippen LogP contribution in [0.5, 0.6) is 0 Å². The molecule has 1 aliphatic heterocycles. The SMILES string of the molecule is CCCCCCCCCCCCCC1=NNCN1c1ccc(SC)cc1. The molecule has 1 aromatic rings. The number of unbranched alkanes of at least 4 members (excludes halogenated alkanes) is 10. The summed E-state index contributed by atoms with van der Waals surface area (Å²) < 4.78 is 0. The van der Waals surface area contributed by atoms with E-state index < -0.39 is 0 Å². The largest absolute Gasteiger partial charge is 0.309 e. The second-order valence-corrected chi connectivity index (χ2v) is 8.14. The monoisotopic (exact) mass is 375 g/mol. The van der Waals surface area contributed by atoms with Crippen molar-refractivity contribution in [3.8, 4) is 0 Å². The summed E-state index contributed by atoms with van der Waals surface area (Å²) in [6.45, 7) is 3.08. The molecular weight excluding hydrogens is 338 g/mol. The number of benzene rings is 1. The molecule has 0 spiro atoms. The summed E-state index contributed by atoms with van der Waals surface area (Å²) in [4.78, 5) is 3.62. The lowest BCUT2D eigenvalue weighted by Crippen LogP contribution is -2.29. The average molecular weight is 376 g/mol. The number of hydrogen-bond donors (Lipinski definition) is 1. The van der Waals surface area contributed by atoms with Gasteiger partial charge in [-0.25, -0.2) is 0 Å². The van der Waals surface area contributed by atoms with Gasteiger partial charge >= 0.3 is 0 Å². The van der Waals surface area contributed by atoms with E-state index in [1.54, 1.807) is 11.8 Å². The molecule has 0 unspecified atom stereocenters. The van der Waals surface area contributed by atoms with Crippen LogP contribution in [0.15, 0.2) is 34.3 Å². The number of anilines is 1. The molecule has 0 fully saturated rings. The zero-order valence-corrected chi connectivity index (χ0v) is 17.6. The van der Waals surface area contributed by atoms with Crippen LogP contribution < -0.4 is 10.3 Å². The fourth-order valence-electron chi connectivity index (χ4n) is 3.49. The van der Waals surface area contributed by atoms with Crippen LogP contribution in [0.4, 0.5) is 5.69 Å². The van der Waals surface area contributed by atoms with Gasteiger partial charge in [-0.05, 0) is 36.9 Å². The Hall–Kier alpha value is -1.16. The number of thioether (sulfide) groups is 1. The van der Waals surface area contributed by atoms with E-state index in [-0.39, 0.29) is 0 Å². The van der Waals surface area contributed by atoms with Crippen molar-refractivity contribution in [3.63, 3.8) is 0 Å². The van der Waals surface area contributed by atoms with E-state index in [0.717, 1.165) is 13.1 Å². The minimum Gasteiger partial charge on any atom is -0.309 e. The first-order valence-electron chi connectivity index (χ1n) is 10.6. The van der Waals surface area contributed by atoms with Gasteiger partial charge in [0, 0.05) is 17.0 Å². The number of rotatable bonds is 14. The van der Waals surface area contributed by atoms with Crippen LogP contribution >= 0.6 is 11.8 Å². The van der Waals surface area contributed by atoms with Gasteiger partial charge in [-0.1, -0.05) is 71.1 Å². The molecular formula is C22H37N3S. The molecule has 1 aliphatic rings. The molecule has 0 aliphatic carbocycles. The summed E-state index contributed by atoms with van der Waals surface area (Å²) in [5, 5.41) is 4.51. The third-order valence-corrected chi connectivity index (χ3v) is 5.88. The van der Waals surface area contributed by atoms with Crippen LogP contribution in [-0.4, -0.2) is 18.8 Å². The Labute approximate surface area is 165 Å². The third kappa shape index (κ3) is 7.61. The fourth-order valence-corrected chi connectivity index (χ4v) is 3.90. The van der Waals surface area contributed by atoms with Gasteiger partial charge in [-0.15, -0.1) is 11.8 Å². The zero-order valence-electron chi connectivity index (χ0n) is 16.8. The Morgan fingerprint density at radius 1 is 0.885 bits per heavy atom. The molecule has 1 aromatic carbocycles. The van der Waals surface area contributed by atoms with E-state index in [9.17, 15) is 0 Å². The quantitative estimate of drug-likeness (QED) is 0.286. The van der Waals surface area contributed by atoms with Crippen molar-refractivity contribution in [1.82, 2.24) is 5.43 Å². The molecule has 1 N–H and O–H groups in total. The van der Waals surface area contributed by atoms with Crippen LogP contribution in [0.25, 0.3) is 0 Å². The smallest absolute Gasteiger partial charge is 0.130 e. The van der Waals surface area contributed by atoms with Crippen molar-refractivity contribution in [2.45, 2.75) is 88.9 Å². The molecule has 4 heteroatoms. The number of amidine groups is 1. The van der Waals surface area contributed by atoms with Crippen molar-refractivity contribution in [1.29, 1.82) is 0 Å². The molecule has 0 saturated heterocycles. The molecule has 26 heavy (non-hydrogen) atoms. The van der Waals surface area contributed by atoms with Crippen LogP contribution in [0.1, 0.15) is 84.0 Å². The first-order valence-corrected chi connectivity index (χ1v) is 11.8. The first-order chi connectivity index (χ1) is 12.8. The summed E-state index contributed by atoms with van der Waals surface area (Å²) >= 11 is 1.79. The maximum atomic E-state index is 4.51. The van der Waals surface area contributed by atoms with Crippen LogP contribution in [0.2, 0.25) is 0 Å². The van der Waals surface area contributed by atoms with E-state index in [1.807, 2.05) is 0 Å². The highest BCUT2D eigenvalue weighted by Gasteiger charge is 2.17. The second kappa shape index (κ2) is 13.1. The highest BCUT2D eigenvalue weighted by molar-refractivity contribution is 7.98. The molecule has 0 aromatic heterocycles. The van der Waals surface area contributed by atoms with Crippen molar-refractivity contribution in [2.24, 2.45) is 5.10 Å². The lowest BCUT2D eigenvalue weighted by molar-refractivity contribution is 0.551. The van der Waals surface area contributed by atoms with Gasteiger partial charge < -0.3 is 4.90 Å². The molecule has 1 heterocycles. The second-order valence-electron chi connectivity index (χ2n) is 7.26. The zero-order chi connectivity index (χ0) is 18.5. The molecule has 0 saturated carbocycles. The van der Waals surface area contributed by atoms with E-state index in [4.69, 9.17) is 0 Å². The van der Waals surface area contributed by atoms with Crippen LogP contribution in [-0.2, 0) is 0 Å². The number of hydrazone groups is 1. The van der Waals surface area contributed by atoms with Crippen LogP contribution in [0, 0.1) is 0 Å². The molecule has 2 rings (SSSR count). The highest BCUT2D eigenvalue weighted by Crippen LogP contribution is 2.23. The van der Waals surface area contributed by atoms with E-state index >= 15 is 0 Å². The Kier molecular flexibility index (Phi) is 10.6. The van der Waals surface area contributed by atoms with Gasteiger partial charge in [0.05, 0.1) is 0 Å². The van der Waals surface area contributed by atoms with Gasteiger partial charge in [0.15, 0.2) is 0 Å². The normalized spacial score (nSPS) is 13.8. The van der Waals surface area contributed by atoms with Crippen molar-refractivity contribution in [3.05, 3.63) is 24.3 Å². The van der Waals surface area contributed by atoms with Crippen LogP contribution in [0.3, 0.4) is 0 Å². The Morgan fingerprint density at radius 3 is 2.04 bits per heavy atom. The molecule has 3 nitrogen and oxygen atoms in total. The van der Waals surface area contributed by atoms with Gasteiger partial charge in [0.25, 0.3) is 0 Å². The summed E-state index contributed by atoms with van der Waals surface area (Å²) in [6, 6.07) is 8.79.